The van der Waals surface area contributed by atoms with E-state index in [-0.39, 0.29) is 10.3 Å². The smallest absolute Gasteiger partial charge is 0.243 e. The first-order valence-electron chi connectivity index (χ1n) is 7.24. The van der Waals surface area contributed by atoms with E-state index < -0.39 is 10.0 Å². The van der Waals surface area contributed by atoms with Gasteiger partial charge in [-0.1, -0.05) is 13.8 Å². The second-order valence-corrected chi connectivity index (χ2v) is 7.24. The Morgan fingerprint density at radius 2 is 2.15 bits per heavy atom. The summed E-state index contributed by atoms with van der Waals surface area (Å²) in [5.41, 5.74) is 0.202. The van der Waals surface area contributed by atoms with E-state index in [1.54, 1.807) is 10.9 Å². The summed E-state index contributed by atoms with van der Waals surface area (Å²) in [4.78, 5) is 0.251. The number of hydrogen-bond donors (Lipinski definition) is 2. The molecule has 0 saturated heterocycles. The summed E-state index contributed by atoms with van der Waals surface area (Å²) >= 11 is 0. The number of hydrogen-bond acceptors (Lipinski definition) is 4. The van der Waals surface area contributed by atoms with Crippen molar-refractivity contribution < 1.29 is 8.42 Å². The molecule has 1 heterocycles. The maximum absolute atomic E-state index is 12.2. The monoisotopic (exact) mass is 300 g/mol. The fraction of sp³-hybridized carbons (Fsp3) is 0.769. The van der Waals surface area contributed by atoms with Gasteiger partial charge in [0.15, 0.2) is 0 Å². The van der Waals surface area contributed by atoms with Gasteiger partial charge in [-0.25, -0.2) is 13.1 Å². The molecule has 0 aliphatic heterocycles. The molecule has 0 bridgehead atoms. The Kier molecular flexibility index (Phi) is 4.82. The van der Waals surface area contributed by atoms with Crippen LogP contribution in [0.25, 0.3) is 0 Å². The molecular formula is C13H24N4O2S. The van der Waals surface area contributed by atoms with E-state index in [4.69, 9.17) is 0 Å². The maximum Gasteiger partial charge on any atom is 0.243 e. The highest BCUT2D eigenvalue weighted by atomic mass is 32.2. The normalized spacial score (nSPS) is 17.3. The van der Waals surface area contributed by atoms with Crippen LogP contribution in [0.1, 0.15) is 33.1 Å². The summed E-state index contributed by atoms with van der Waals surface area (Å²) in [5.74, 6) is 0. The molecule has 1 saturated carbocycles. The van der Waals surface area contributed by atoms with Crippen LogP contribution >= 0.6 is 0 Å². The summed E-state index contributed by atoms with van der Waals surface area (Å²) in [5, 5.41) is 7.27. The van der Waals surface area contributed by atoms with Crippen molar-refractivity contribution in [3.8, 4) is 0 Å². The fourth-order valence-electron chi connectivity index (χ4n) is 2.14. The summed E-state index contributed by atoms with van der Waals surface area (Å²) < 4.78 is 28.7. The highest BCUT2D eigenvalue weighted by molar-refractivity contribution is 7.89. The third-order valence-electron chi connectivity index (χ3n) is 4.03. The number of sulfonamides is 1. The topological polar surface area (TPSA) is 76.0 Å². The van der Waals surface area contributed by atoms with Crippen molar-refractivity contribution in [3.05, 3.63) is 12.4 Å². The molecule has 1 fully saturated rings. The molecule has 0 unspecified atom stereocenters. The first-order chi connectivity index (χ1) is 9.51. The molecule has 0 atom stereocenters. The van der Waals surface area contributed by atoms with Crippen LogP contribution in [0.4, 0.5) is 0 Å². The third-order valence-corrected chi connectivity index (χ3v) is 5.39. The Morgan fingerprint density at radius 1 is 1.40 bits per heavy atom. The van der Waals surface area contributed by atoms with Gasteiger partial charge in [-0.3, -0.25) is 4.68 Å². The minimum Gasteiger partial charge on any atom is -0.315 e. The third kappa shape index (κ3) is 3.80. The molecule has 1 aromatic heterocycles. The molecular weight excluding hydrogens is 276 g/mol. The van der Waals surface area contributed by atoms with E-state index in [0.717, 1.165) is 32.4 Å². The molecule has 114 valence electrons. The fourth-order valence-corrected chi connectivity index (χ4v) is 3.25. The van der Waals surface area contributed by atoms with Crippen molar-refractivity contribution in [2.75, 3.05) is 19.6 Å². The second kappa shape index (κ2) is 6.24. The highest BCUT2D eigenvalue weighted by Gasteiger charge is 2.41. The van der Waals surface area contributed by atoms with Crippen LogP contribution < -0.4 is 10.0 Å². The van der Waals surface area contributed by atoms with Crippen molar-refractivity contribution in [1.29, 1.82) is 0 Å². The van der Waals surface area contributed by atoms with E-state index in [0.29, 0.717) is 13.1 Å². The van der Waals surface area contributed by atoms with Crippen molar-refractivity contribution >= 4 is 10.0 Å². The molecule has 7 heteroatoms. The van der Waals surface area contributed by atoms with Crippen LogP contribution in [0.3, 0.4) is 0 Å². The first kappa shape index (κ1) is 15.5. The molecule has 0 aromatic carbocycles. The quantitative estimate of drug-likeness (QED) is 0.666. The van der Waals surface area contributed by atoms with Gasteiger partial charge in [0.05, 0.1) is 12.7 Å². The van der Waals surface area contributed by atoms with Gasteiger partial charge in [0.2, 0.25) is 10.0 Å². The van der Waals surface area contributed by atoms with Gasteiger partial charge in [0.25, 0.3) is 0 Å². The first-order valence-corrected chi connectivity index (χ1v) is 8.72. The highest BCUT2D eigenvalue weighted by Crippen LogP contribution is 2.48. The van der Waals surface area contributed by atoms with E-state index in [9.17, 15) is 8.42 Å². The van der Waals surface area contributed by atoms with E-state index in [2.05, 4.69) is 22.1 Å². The Bertz CT molecular complexity index is 534. The lowest BCUT2D eigenvalue weighted by molar-refractivity contribution is 0.475. The Balaban J connectivity index is 1.92. The summed E-state index contributed by atoms with van der Waals surface area (Å²) in [6.45, 7) is 7.03. The lowest BCUT2D eigenvalue weighted by Gasteiger charge is -2.12. The minimum absolute atomic E-state index is 0.202. The molecule has 0 radical (unpaired) electrons. The minimum atomic E-state index is -3.43. The molecule has 1 aliphatic carbocycles. The van der Waals surface area contributed by atoms with Gasteiger partial charge in [0.1, 0.15) is 4.90 Å². The van der Waals surface area contributed by atoms with E-state index in [1.807, 2.05) is 6.92 Å². The number of nitrogens with zero attached hydrogens (tertiary/aromatic N) is 2. The summed E-state index contributed by atoms with van der Waals surface area (Å²) in [7, 11) is -3.43. The average Bonchev–Trinajstić information content (AvgIpc) is 3.06. The van der Waals surface area contributed by atoms with Crippen LogP contribution in [0.15, 0.2) is 17.3 Å². The zero-order chi connectivity index (χ0) is 14.6. The largest absolute Gasteiger partial charge is 0.315 e. The van der Waals surface area contributed by atoms with Crippen LogP contribution in [-0.2, 0) is 16.6 Å². The lowest BCUT2D eigenvalue weighted by atomic mass is 10.1. The molecule has 1 aliphatic rings. The molecule has 2 N–H and O–H groups in total. The van der Waals surface area contributed by atoms with Gasteiger partial charge in [0, 0.05) is 19.3 Å². The Morgan fingerprint density at radius 3 is 2.75 bits per heavy atom. The van der Waals surface area contributed by atoms with Gasteiger partial charge >= 0.3 is 0 Å². The van der Waals surface area contributed by atoms with Gasteiger partial charge in [-0.05, 0) is 31.2 Å². The number of likely N-dealkylation sites (N-methyl/N-ethyl adjacent to an activating group) is 1. The summed E-state index contributed by atoms with van der Waals surface area (Å²) in [6.07, 6.45) is 6.27. The predicted molar refractivity (Wildman–Crippen MR) is 77.9 cm³/mol. The molecule has 20 heavy (non-hydrogen) atoms. The zero-order valence-electron chi connectivity index (χ0n) is 12.2. The van der Waals surface area contributed by atoms with Gasteiger partial charge in [-0.15, -0.1) is 0 Å². The van der Waals surface area contributed by atoms with Crippen LogP contribution in [0.2, 0.25) is 0 Å². The average molecular weight is 300 g/mol. The van der Waals surface area contributed by atoms with Crippen molar-refractivity contribution in [2.24, 2.45) is 5.41 Å². The van der Waals surface area contributed by atoms with Crippen molar-refractivity contribution in [1.82, 2.24) is 19.8 Å². The number of aromatic nitrogens is 2. The van der Waals surface area contributed by atoms with Gasteiger partial charge < -0.3 is 5.32 Å². The van der Waals surface area contributed by atoms with E-state index >= 15 is 0 Å². The molecule has 1 aromatic rings. The SMILES string of the molecule is CCNCCn1cc(S(=O)(=O)NCC2(CC)CC2)cn1. The standard InChI is InChI=1S/C13H24N4O2S/c1-3-13(5-6-13)11-16-20(18,19)12-9-15-17(10-12)8-7-14-4-2/h9-10,14,16H,3-8,11H2,1-2H3. The molecule has 6 nitrogen and oxygen atoms in total. The Labute approximate surface area is 121 Å². The Hall–Kier alpha value is -0.920. The zero-order valence-corrected chi connectivity index (χ0v) is 13.0. The summed E-state index contributed by atoms with van der Waals surface area (Å²) in [6, 6.07) is 0. The maximum atomic E-state index is 12.2. The van der Waals surface area contributed by atoms with E-state index in [1.165, 1.54) is 6.20 Å². The van der Waals surface area contributed by atoms with Gasteiger partial charge in [-0.2, -0.15) is 5.10 Å². The predicted octanol–water partition coefficient (Wildman–Crippen LogP) is 0.961. The van der Waals surface area contributed by atoms with Crippen LogP contribution in [0.5, 0.6) is 0 Å². The van der Waals surface area contributed by atoms with Crippen molar-refractivity contribution in [3.63, 3.8) is 0 Å². The van der Waals surface area contributed by atoms with Crippen LogP contribution in [-0.4, -0.2) is 37.8 Å². The molecule has 0 amide bonds. The molecule has 2 rings (SSSR count). The van der Waals surface area contributed by atoms with Crippen molar-refractivity contribution in [2.45, 2.75) is 44.6 Å². The second-order valence-electron chi connectivity index (χ2n) is 5.47. The molecule has 0 spiro atoms. The number of nitrogens with one attached hydrogen (secondary N) is 2. The number of rotatable bonds is 9. The van der Waals surface area contributed by atoms with Crippen LogP contribution in [0, 0.1) is 5.41 Å². The lowest BCUT2D eigenvalue weighted by Crippen LogP contribution is -2.29.